The van der Waals surface area contributed by atoms with Crippen molar-refractivity contribution >= 4 is 123 Å². The van der Waals surface area contributed by atoms with E-state index in [0.29, 0.717) is 82.3 Å². The number of carbonyl (C=O) groups excluding carboxylic acids is 3. The van der Waals surface area contributed by atoms with Gasteiger partial charge in [-0.15, -0.1) is 12.4 Å². The number of halogens is 12. The van der Waals surface area contributed by atoms with Gasteiger partial charge in [-0.25, -0.2) is 26.3 Å². The first-order valence-electron chi connectivity index (χ1n) is 25.8. The second-order valence-electron chi connectivity index (χ2n) is 21.6. The molecule has 454 valence electrons. The van der Waals surface area contributed by atoms with Crippen molar-refractivity contribution in [2.45, 2.75) is 137 Å². The molecule has 3 aliphatic rings. The highest BCUT2D eigenvalue weighted by atomic mass is 79.9. The zero-order valence-corrected chi connectivity index (χ0v) is 54.9. The second kappa shape index (κ2) is 35.2. The van der Waals surface area contributed by atoms with Crippen LogP contribution in [0.3, 0.4) is 0 Å². The Bertz CT molecular complexity index is 2570. The van der Waals surface area contributed by atoms with Gasteiger partial charge in [0.2, 0.25) is 0 Å². The lowest BCUT2D eigenvalue weighted by molar-refractivity contribution is -0.162. The van der Waals surface area contributed by atoms with Gasteiger partial charge in [0.15, 0.2) is 29.1 Å². The van der Waals surface area contributed by atoms with Gasteiger partial charge in [0.25, 0.3) is 0 Å². The Hall–Kier alpha value is -4.36. The average Bonchev–Trinajstić information content (AvgIpc) is 3.40. The predicted octanol–water partition coefficient (Wildman–Crippen LogP) is 16.0. The third-order valence-electron chi connectivity index (χ3n) is 11.4. The summed E-state index contributed by atoms with van der Waals surface area (Å²) in [6, 6.07) is 1.35. The minimum absolute atomic E-state index is 0. The third kappa shape index (κ3) is 27.1. The number of rotatable bonds is 5. The number of piperidine rings is 2. The normalized spacial score (nSPS) is 14.8. The largest absolute Gasteiger partial charge is 0.460 e. The van der Waals surface area contributed by atoms with E-state index in [1.165, 1.54) is 56.3 Å². The molecule has 0 amide bonds. The summed E-state index contributed by atoms with van der Waals surface area (Å²) < 4.78 is 94.5. The second-order valence-corrected chi connectivity index (χ2v) is 25.5. The Morgan fingerprint density at radius 2 is 0.866 bits per heavy atom. The van der Waals surface area contributed by atoms with Gasteiger partial charge in [-0.3, -0.25) is 39.3 Å². The summed E-state index contributed by atoms with van der Waals surface area (Å²) in [5.41, 5.74) is 5.76. The molecule has 5 aromatic rings. The maximum absolute atomic E-state index is 13.9. The fourth-order valence-electron chi connectivity index (χ4n) is 7.83. The number of hydrogen-bond donors (Lipinski definition) is 1. The van der Waals surface area contributed by atoms with Crippen molar-refractivity contribution in [1.29, 1.82) is 0 Å². The molecule has 0 bridgehead atoms. The van der Waals surface area contributed by atoms with E-state index in [4.69, 9.17) is 31.5 Å². The SMILES string of the molecule is CC(C)(C)OC(=O)C1CCCCC1.CC(C)(C)OC(=O)C1CCN(c2c(F)cncc2Br)CC1.CC(C)(C)OC(=O)C1CCN(c2c(N)cncc2F)CC1.Cl.Fc1cncc(Br)c1.Fc1cncc(Br)c1Cl.Fc1cncc(Br)c1F. The van der Waals surface area contributed by atoms with Crippen LogP contribution in [0, 0.1) is 52.7 Å². The molecule has 0 spiro atoms. The molecule has 0 atom stereocenters. The molecular formula is C56H70Br4Cl2F6N8O6. The number of pyridine rings is 5. The first-order chi connectivity index (χ1) is 37.8. The van der Waals surface area contributed by atoms with Crippen LogP contribution in [0.4, 0.5) is 43.4 Å². The minimum Gasteiger partial charge on any atom is -0.460 e. The van der Waals surface area contributed by atoms with Crippen LogP contribution in [0.1, 0.15) is 120 Å². The summed E-state index contributed by atoms with van der Waals surface area (Å²) in [4.78, 5) is 57.5. The highest BCUT2D eigenvalue weighted by molar-refractivity contribution is 9.11. The molecule has 14 nitrogen and oxygen atoms in total. The molecule has 3 fully saturated rings. The molecule has 2 saturated heterocycles. The van der Waals surface area contributed by atoms with E-state index in [0.717, 1.165) is 37.6 Å². The lowest BCUT2D eigenvalue weighted by Gasteiger charge is -2.34. The van der Waals surface area contributed by atoms with Crippen LogP contribution in [0.2, 0.25) is 5.02 Å². The summed E-state index contributed by atoms with van der Waals surface area (Å²) in [6.07, 6.45) is 20.9. The standard InChI is InChI=1S/C15H20BrFN2O2.C15H22FN3O2.C11H20O2.C5H2BrClFN.C5H2BrF2N.C5H3BrFN.ClH/c2*1-15(2,3)21-14(20)10-4-6-19(7-5-10)13-11(16)8-18-9-12(13)17;1-11(2,3)13-10(12)9-7-5-4-6-8-9;6-3-1-9-2-4(8)5(3)7;6-3-1-9-2-4(7)5(3)8;6-4-1-5(7)3-8-2-4;/h8-10H,4-7H2,1-3H3;8-10H,4-7,17H2,1-3H3;9H,4-8H2,1-3H3;2*1-2H;1-3H;1H. The summed E-state index contributed by atoms with van der Waals surface area (Å²) >= 11 is 17.6. The van der Waals surface area contributed by atoms with Gasteiger partial charge in [0, 0.05) is 55.4 Å². The highest BCUT2D eigenvalue weighted by Gasteiger charge is 2.32. The molecule has 5 aromatic heterocycles. The van der Waals surface area contributed by atoms with Gasteiger partial charge in [-0.2, -0.15) is 0 Å². The van der Waals surface area contributed by atoms with E-state index >= 15 is 0 Å². The van der Waals surface area contributed by atoms with Gasteiger partial charge >= 0.3 is 17.9 Å². The van der Waals surface area contributed by atoms with Gasteiger partial charge in [0.05, 0.1) is 90.4 Å². The average molecular weight is 1460 g/mol. The third-order valence-corrected chi connectivity index (χ3v) is 14.2. The first kappa shape index (κ1) is 73.7. The van der Waals surface area contributed by atoms with E-state index in [-0.39, 0.29) is 74.8 Å². The summed E-state index contributed by atoms with van der Waals surface area (Å²) in [6.45, 7) is 19.3. The van der Waals surface area contributed by atoms with Crippen LogP contribution in [0.25, 0.3) is 0 Å². The van der Waals surface area contributed by atoms with E-state index in [9.17, 15) is 40.7 Å². The van der Waals surface area contributed by atoms with Crippen LogP contribution in [0.15, 0.2) is 85.9 Å². The first-order valence-corrected chi connectivity index (χ1v) is 29.3. The van der Waals surface area contributed by atoms with Gasteiger partial charge < -0.3 is 29.7 Å². The molecule has 2 N–H and O–H groups in total. The molecule has 82 heavy (non-hydrogen) atoms. The molecule has 26 heteroatoms. The van der Waals surface area contributed by atoms with Crippen LogP contribution in [-0.2, 0) is 28.6 Å². The highest BCUT2D eigenvalue weighted by Crippen LogP contribution is 2.34. The number of ether oxygens (including phenoxy) is 3. The Labute approximate surface area is 521 Å². The molecular weight excluding hydrogens is 1390 g/mol. The lowest BCUT2D eigenvalue weighted by atomic mass is 9.89. The number of anilines is 3. The minimum atomic E-state index is -0.940. The van der Waals surface area contributed by atoms with E-state index < -0.39 is 34.5 Å². The van der Waals surface area contributed by atoms with Crippen molar-refractivity contribution < 1.29 is 54.9 Å². The van der Waals surface area contributed by atoms with Crippen molar-refractivity contribution in [3.63, 3.8) is 0 Å². The topological polar surface area (TPSA) is 176 Å². The zero-order chi connectivity index (χ0) is 60.8. The number of esters is 3. The number of hydrogen-bond acceptors (Lipinski definition) is 14. The van der Waals surface area contributed by atoms with Crippen molar-refractivity contribution in [1.82, 2.24) is 24.9 Å². The van der Waals surface area contributed by atoms with Crippen molar-refractivity contribution in [2.75, 3.05) is 41.7 Å². The van der Waals surface area contributed by atoms with Gasteiger partial charge in [-0.1, -0.05) is 30.9 Å². The Morgan fingerprint density at radius 1 is 0.500 bits per heavy atom. The van der Waals surface area contributed by atoms with E-state index in [1.807, 2.05) is 72.1 Å². The smallest absolute Gasteiger partial charge is 0.309 e. The molecule has 7 heterocycles. The number of carbonyl (C=O) groups is 3. The number of aromatic nitrogens is 5. The van der Waals surface area contributed by atoms with Crippen molar-refractivity contribution in [3.8, 4) is 0 Å². The fraction of sp³-hybridized carbons (Fsp3) is 0.500. The molecule has 0 aromatic carbocycles. The van der Waals surface area contributed by atoms with E-state index in [2.05, 4.69) is 88.6 Å². The zero-order valence-electron chi connectivity index (χ0n) is 47.0. The monoisotopic (exact) mass is 1450 g/mol. The lowest BCUT2D eigenvalue weighted by Crippen LogP contribution is -2.39. The van der Waals surface area contributed by atoms with Crippen molar-refractivity contribution in [2.24, 2.45) is 17.8 Å². The van der Waals surface area contributed by atoms with E-state index in [1.54, 1.807) is 6.20 Å². The molecule has 0 unspecified atom stereocenters. The maximum Gasteiger partial charge on any atom is 0.309 e. The summed E-state index contributed by atoms with van der Waals surface area (Å²) in [5, 5.41) is 0.0741. The fourth-order valence-corrected chi connectivity index (χ4v) is 9.44. The number of nitrogens with two attached hydrogens (primary N) is 1. The maximum atomic E-state index is 13.9. The molecule has 1 saturated carbocycles. The Balaban J connectivity index is 0.000000350. The number of nitrogen functional groups attached to an aromatic ring is 1. The van der Waals surface area contributed by atoms with Gasteiger partial charge in [-0.05, 0) is 171 Å². The molecule has 1 aliphatic carbocycles. The molecule has 0 radical (unpaired) electrons. The Morgan fingerprint density at radius 3 is 1.22 bits per heavy atom. The molecule has 2 aliphatic heterocycles. The number of nitrogens with zero attached hydrogens (tertiary/aromatic N) is 7. The Kier molecular flexibility index (Phi) is 31.6. The van der Waals surface area contributed by atoms with Crippen LogP contribution >= 0.6 is 87.7 Å². The van der Waals surface area contributed by atoms with Crippen LogP contribution in [0.5, 0.6) is 0 Å². The predicted molar refractivity (Wildman–Crippen MR) is 322 cm³/mol. The summed E-state index contributed by atoms with van der Waals surface area (Å²) in [7, 11) is 0. The van der Waals surface area contributed by atoms with Crippen LogP contribution in [-0.4, -0.2) is 85.8 Å². The summed E-state index contributed by atoms with van der Waals surface area (Å²) in [5.74, 6) is -3.83. The quantitative estimate of drug-likeness (QED) is 0.0999. The van der Waals surface area contributed by atoms with Gasteiger partial charge in [0.1, 0.15) is 22.6 Å². The molecule has 8 rings (SSSR count). The van der Waals surface area contributed by atoms with Crippen molar-refractivity contribution in [3.05, 3.63) is 126 Å². The van der Waals surface area contributed by atoms with Crippen LogP contribution < -0.4 is 15.5 Å².